The molecule has 1 aromatic rings. The van der Waals surface area contributed by atoms with Gasteiger partial charge >= 0.3 is 5.97 Å². The lowest BCUT2D eigenvalue weighted by Crippen LogP contribution is -2.45. The Morgan fingerprint density at radius 2 is 2.10 bits per heavy atom. The molecule has 0 bridgehead atoms. The highest BCUT2D eigenvalue weighted by Crippen LogP contribution is 2.25. The van der Waals surface area contributed by atoms with Crippen LogP contribution in [0.1, 0.15) is 29.3 Å². The quantitative estimate of drug-likeness (QED) is 0.903. The highest BCUT2D eigenvalue weighted by atomic mass is 19.1. The molecule has 0 radical (unpaired) electrons. The van der Waals surface area contributed by atoms with E-state index in [0.29, 0.717) is 25.1 Å². The molecule has 1 aliphatic rings. The van der Waals surface area contributed by atoms with Gasteiger partial charge in [-0.05, 0) is 37.0 Å². The van der Waals surface area contributed by atoms with E-state index in [2.05, 4.69) is 0 Å². The first kappa shape index (κ1) is 14.5. The highest BCUT2D eigenvalue weighted by Gasteiger charge is 2.33. The van der Waals surface area contributed by atoms with E-state index in [-0.39, 0.29) is 11.8 Å². The molecule has 108 valence electrons. The van der Waals surface area contributed by atoms with Gasteiger partial charge in [0.25, 0.3) is 5.91 Å². The number of nitrogens with zero attached hydrogens (tertiary/aromatic N) is 1. The fourth-order valence-electron chi connectivity index (χ4n) is 2.69. The monoisotopic (exact) mass is 279 g/mol. The molecule has 0 aliphatic carbocycles. The van der Waals surface area contributed by atoms with E-state index < -0.39 is 17.7 Å². The van der Waals surface area contributed by atoms with E-state index in [0.717, 1.165) is 5.56 Å². The summed E-state index contributed by atoms with van der Waals surface area (Å²) in [6, 6.07) is 4.15. The number of likely N-dealkylation sites (tertiary alicyclic amines) is 1. The van der Waals surface area contributed by atoms with Crippen molar-refractivity contribution in [3.8, 4) is 0 Å². The zero-order valence-electron chi connectivity index (χ0n) is 11.6. The Bertz CT molecular complexity index is 544. The predicted octanol–water partition coefficient (Wildman–Crippen LogP) is 2.32. The summed E-state index contributed by atoms with van der Waals surface area (Å²) >= 11 is 0. The molecule has 4 nitrogen and oxygen atoms in total. The van der Waals surface area contributed by atoms with E-state index in [1.807, 2.05) is 6.92 Å². The third kappa shape index (κ3) is 2.81. The minimum absolute atomic E-state index is 0.0981. The number of carboxylic acids is 1. The molecule has 5 heteroatoms. The van der Waals surface area contributed by atoms with Crippen molar-refractivity contribution in [2.45, 2.75) is 20.3 Å². The van der Waals surface area contributed by atoms with Gasteiger partial charge in [0.15, 0.2) is 0 Å². The molecule has 2 atom stereocenters. The zero-order valence-corrected chi connectivity index (χ0v) is 11.6. The van der Waals surface area contributed by atoms with E-state index in [1.54, 1.807) is 17.9 Å². The van der Waals surface area contributed by atoms with Crippen molar-refractivity contribution in [2.24, 2.45) is 11.8 Å². The summed E-state index contributed by atoms with van der Waals surface area (Å²) in [6.07, 6.45) is 0.441. The lowest BCUT2D eigenvalue weighted by atomic mass is 9.86. The van der Waals surface area contributed by atoms with Crippen LogP contribution < -0.4 is 0 Å². The second-order valence-electron chi connectivity index (χ2n) is 5.42. The molecule has 1 fully saturated rings. The topological polar surface area (TPSA) is 57.6 Å². The van der Waals surface area contributed by atoms with Gasteiger partial charge in [-0.3, -0.25) is 9.59 Å². The number of rotatable bonds is 2. The molecule has 1 N–H and O–H groups in total. The van der Waals surface area contributed by atoms with Crippen LogP contribution in [0.15, 0.2) is 18.2 Å². The Labute approximate surface area is 117 Å². The van der Waals surface area contributed by atoms with Crippen LogP contribution in [0, 0.1) is 24.6 Å². The van der Waals surface area contributed by atoms with Crippen molar-refractivity contribution < 1.29 is 19.1 Å². The second kappa shape index (κ2) is 5.61. The normalized spacial score (nSPS) is 22.6. The van der Waals surface area contributed by atoms with Crippen LogP contribution in [0.25, 0.3) is 0 Å². The number of benzene rings is 1. The molecule has 2 unspecified atom stereocenters. The number of halogens is 1. The fourth-order valence-corrected chi connectivity index (χ4v) is 2.69. The number of carbonyl (C=O) groups excluding carboxylic acids is 1. The molecule has 1 heterocycles. The smallest absolute Gasteiger partial charge is 0.306 e. The van der Waals surface area contributed by atoms with Crippen LogP contribution in [0.3, 0.4) is 0 Å². The van der Waals surface area contributed by atoms with Gasteiger partial charge in [0.05, 0.1) is 5.92 Å². The number of carbonyl (C=O) groups is 2. The maximum Gasteiger partial charge on any atom is 0.306 e. The summed E-state index contributed by atoms with van der Waals surface area (Å²) in [4.78, 5) is 25.1. The van der Waals surface area contributed by atoms with Gasteiger partial charge in [-0.25, -0.2) is 4.39 Å². The fraction of sp³-hybridized carbons (Fsp3) is 0.467. The van der Waals surface area contributed by atoms with Crippen LogP contribution >= 0.6 is 0 Å². The second-order valence-corrected chi connectivity index (χ2v) is 5.42. The van der Waals surface area contributed by atoms with Crippen molar-refractivity contribution in [1.82, 2.24) is 4.90 Å². The van der Waals surface area contributed by atoms with Gasteiger partial charge in [0.1, 0.15) is 5.82 Å². The van der Waals surface area contributed by atoms with Crippen molar-refractivity contribution in [3.05, 3.63) is 35.1 Å². The van der Waals surface area contributed by atoms with Gasteiger partial charge in [-0.15, -0.1) is 0 Å². The van der Waals surface area contributed by atoms with Gasteiger partial charge in [0.2, 0.25) is 0 Å². The van der Waals surface area contributed by atoms with Gasteiger partial charge in [-0.1, -0.05) is 13.0 Å². The minimum atomic E-state index is -0.813. The molecule has 0 saturated carbocycles. The van der Waals surface area contributed by atoms with Crippen LogP contribution in [0.2, 0.25) is 0 Å². The lowest BCUT2D eigenvalue weighted by Gasteiger charge is -2.35. The van der Waals surface area contributed by atoms with Gasteiger partial charge < -0.3 is 10.0 Å². The largest absolute Gasteiger partial charge is 0.481 e. The molecule has 0 spiro atoms. The molecule has 20 heavy (non-hydrogen) atoms. The zero-order chi connectivity index (χ0) is 14.9. The molecule has 1 amide bonds. The van der Waals surface area contributed by atoms with E-state index in [4.69, 9.17) is 5.11 Å². The SMILES string of the molecule is Cc1ccc(F)cc1C(=O)N1CCC(C(=O)O)C(C)C1. The van der Waals surface area contributed by atoms with Crippen molar-refractivity contribution in [2.75, 3.05) is 13.1 Å². The first-order chi connectivity index (χ1) is 9.40. The van der Waals surface area contributed by atoms with E-state index in [1.165, 1.54) is 12.1 Å². The molecular weight excluding hydrogens is 261 g/mol. The van der Waals surface area contributed by atoms with Crippen molar-refractivity contribution >= 4 is 11.9 Å². The number of amides is 1. The van der Waals surface area contributed by atoms with Crippen molar-refractivity contribution in [1.29, 1.82) is 0 Å². The summed E-state index contributed by atoms with van der Waals surface area (Å²) in [7, 11) is 0. The van der Waals surface area contributed by atoms with Gasteiger partial charge in [-0.2, -0.15) is 0 Å². The number of aryl methyl sites for hydroxylation is 1. The molecule has 1 aliphatic heterocycles. The summed E-state index contributed by atoms with van der Waals surface area (Å²) in [5.74, 6) is -1.98. The molecule has 0 aromatic heterocycles. The maximum absolute atomic E-state index is 13.3. The summed E-state index contributed by atoms with van der Waals surface area (Å²) < 4.78 is 13.3. The third-order valence-corrected chi connectivity index (χ3v) is 3.94. The lowest BCUT2D eigenvalue weighted by molar-refractivity contribution is -0.145. The maximum atomic E-state index is 13.3. The van der Waals surface area contributed by atoms with Gasteiger partial charge in [0, 0.05) is 18.7 Å². The molecular formula is C15H18FNO3. The molecule has 1 aromatic carbocycles. The van der Waals surface area contributed by atoms with E-state index >= 15 is 0 Å². The molecule has 2 rings (SSSR count). The average Bonchev–Trinajstić information content (AvgIpc) is 2.40. The summed E-state index contributed by atoms with van der Waals surface area (Å²) in [5.41, 5.74) is 1.08. The average molecular weight is 279 g/mol. The van der Waals surface area contributed by atoms with E-state index in [9.17, 15) is 14.0 Å². The van der Waals surface area contributed by atoms with Crippen LogP contribution in [-0.4, -0.2) is 35.0 Å². The summed E-state index contributed by atoms with van der Waals surface area (Å²) in [5, 5.41) is 9.08. The number of aliphatic carboxylic acids is 1. The molecule has 1 saturated heterocycles. The highest BCUT2D eigenvalue weighted by molar-refractivity contribution is 5.95. The number of carboxylic acid groups (broad SMARTS) is 1. The minimum Gasteiger partial charge on any atom is -0.481 e. The van der Waals surface area contributed by atoms with Crippen LogP contribution in [0.5, 0.6) is 0 Å². The number of hydrogen-bond donors (Lipinski definition) is 1. The Morgan fingerprint density at radius 1 is 1.40 bits per heavy atom. The first-order valence-corrected chi connectivity index (χ1v) is 6.68. The Balaban J connectivity index is 2.15. The first-order valence-electron chi connectivity index (χ1n) is 6.68. The third-order valence-electron chi connectivity index (χ3n) is 3.94. The van der Waals surface area contributed by atoms with Crippen molar-refractivity contribution in [3.63, 3.8) is 0 Å². The Morgan fingerprint density at radius 3 is 2.70 bits per heavy atom. The Kier molecular flexibility index (Phi) is 4.06. The summed E-state index contributed by atoms with van der Waals surface area (Å²) in [6.45, 7) is 4.39. The van der Waals surface area contributed by atoms with Crippen LogP contribution in [-0.2, 0) is 4.79 Å². The van der Waals surface area contributed by atoms with Crippen LogP contribution in [0.4, 0.5) is 4.39 Å². The Hall–Kier alpha value is -1.91. The number of piperidine rings is 1. The standard InChI is InChI=1S/C15H18FNO3/c1-9-3-4-11(16)7-13(9)14(18)17-6-5-12(15(19)20)10(2)8-17/h3-4,7,10,12H,5-6,8H2,1-2H3,(H,19,20). The predicted molar refractivity (Wildman–Crippen MR) is 71.9 cm³/mol. The number of hydrogen-bond acceptors (Lipinski definition) is 2.